The standard InChI is InChI=1S/C3H5.HN3O2S/c1-2-3-1;1-2-3-6(4)5/h1H,2-3H2;6H. The van der Waals surface area contributed by atoms with E-state index < -0.39 is 10.9 Å². The summed E-state index contributed by atoms with van der Waals surface area (Å²) in [5.74, 6) is 0. The summed E-state index contributed by atoms with van der Waals surface area (Å²) >= 11 is 0. The summed E-state index contributed by atoms with van der Waals surface area (Å²) in [6.45, 7) is 0. The molecule has 0 aromatic heterocycles. The highest BCUT2D eigenvalue weighted by Crippen LogP contribution is 2.12. The van der Waals surface area contributed by atoms with Crippen LogP contribution in [-0.4, -0.2) is 8.42 Å². The number of hydrogen-bond donors (Lipinski definition) is 1. The van der Waals surface area contributed by atoms with E-state index in [-0.39, 0.29) is 0 Å². The van der Waals surface area contributed by atoms with Crippen LogP contribution in [0.4, 0.5) is 0 Å². The lowest BCUT2D eigenvalue weighted by atomic mass is 11.0. The van der Waals surface area contributed by atoms with E-state index in [1.165, 1.54) is 12.8 Å². The quantitative estimate of drug-likeness (QED) is 0.258. The van der Waals surface area contributed by atoms with Crippen molar-refractivity contribution in [3.63, 3.8) is 0 Å². The molecule has 1 aliphatic carbocycles. The zero-order valence-corrected chi connectivity index (χ0v) is 5.49. The first-order valence-corrected chi connectivity index (χ1v) is 3.41. The second-order valence-corrected chi connectivity index (χ2v) is 1.94. The highest BCUT2D eigenvalue weighted by molar-refractivity contribution is 7.70. The molecule has 9 heavy (non-hydrogen) atoms. The first-order valence-electron chi connectivity index (χ1n) is 2.28. The van der Waals surface area contributed by atoms with Crippen LogP contribution in [0.25, 0.3) is 10.4 Å². The van der Waals surface area contributed by atoms with Gasteiger partial charge in [-0.15, -0.1) is 0 Å². The Morgan fingerprint density at radius 2 is 2.00 bits per heavy atom. The Balaban J connectivity index is 0.000000173. The Kier molecular flexibility index (Phi) is 4.95. The first kappa shape index (κ1) is 8.26. The van der Waals surface area contributed by atoms with Gasteiger partial charge in [-0.05, 0) is 24.8 Å². The largest absolute Gasteiger partial charge is 0.225 e. The fraction of sp³-hybridized carbons (Fsp3) is 0.667. The molecule has 1 saturated carbocycles. The maximum atomic E-state index is 9.22. The maximum Gasteiger partial charge on any atom is 0.225 e. The molecule has 1 fully saturated rings. The number of hydrogen-bond acceptors (Lipinski definition) is 2. The van der Waals surface area contributed by atoms with Crippen molar-refractivity contribution in [3.8, 4) is 0 Å². The second kappa shape index (κ2) is 5.40. The highest BCUT2D eigenvalue weighted by atomic mass is 32.2. The van der Waals surface area contributed by atoms with Crippen molar-refractivity contribution in [2.75, 3.05) is 0 Å². The van der Waals surface area contributed by atoms with Gasteiger partial charge in [0.25, 0.3) is 0 Å². The van der Waals surface area contributed by atoms with Crippen LogP contribution in [0, 0.1) is 6.42 Å². The molecule has 0 aromatic rings. The van der Waals surface area contributed by atoms with Gasteiger partial charge >= 0.3 is 0 Å². The molecule has 0 saturated heterocycles. The summed E-state index contributed by atoms with van der Waals surface area (Å²) < 4.78 is 20.7. The average Bonchev–Trinajstić information content (AvgIpc) is 2.45. The molecule has 0 atom stereocenters. The van der Waals surface area contributed by atoms with Gasteiger partial charge in [-0.25, -0.2) is 8.42 Å². The van der Waals surface area contributed by atoms with Crippen LogP contribution in [-0.2, 0) is 10.9 Å². The minimum atomic E-state index is -2.89. The molecule has 0 unspecified atom stereocenters. The Hall–Kier alpha value is -0.740. The van der Waals surface area contributed by atoms with Gasteiger partial charge < -0.3 is 0 Å². The Bertz CT molecular complexity index is 169. The van der Waals surface area contributed by atoms with E-state index in [2.05, 4.69) is 10.9 Å². The summed E-state index contributed by atoms with van der Waals surface area (Å²) in [7, 11) is -2.89. The summed E-state index contributed by atoms with van der Waals surface area (Å²) in [4.78, 5) is 1.96. The van der Waals surface area contributed by atoms with Gasteiger partial charge in [0, 0.05) is 9.43 Å². The molecule has 5 nitrogen and oxygen atoms in total. The minimum absolute atomic E-state index is 1.38. The Labute approximate surface area is 54.4 Å². The van der Waals surface area contributed by atoms with E-state index in [9.17, 15) is 8.42 Å². The summed E-state index contributed by atoms with van der Waals surface area (Å²) in [5.41, 5.74) is 7.31. The van der Waals surface area contributed by atoms with E-state index in [0.29, 0.717) is 0 Å². The number of rotatable bonds is 1. The molecule has 0 aliphatic heterocycles. The third-order valence-corrected chi connectivity index (χ3v) is 0.628. The van der Waals surface area contributed by atoms with Crippen LogP contribution >= 0.6 is 0 Å². The van der Waals surface area contributed by atoms with Gasteiger partial charge in [-0.3, -0.25) is 0 Å². The predicted molar refractivity (Wildman–Crippen MR) is 33.0 cm³/mol. The lowest BCUT2D eigenvalue weighted by molar-refractivity contribution is 0.616. The molecule has 51 valence electrons. The molecule has 0 N–H and O–H groups in total. The van der Waals surface area contributed by atoms with E-state index in [1.807, 2.05) is 4.91 Å². The van der Waals surface area contributed by atoms with E-state index in [1.54, 1.807) is 0 Å². The average molecular weight is 148 g/mol. The van der Waals surface area contributed by atoms with Gasteiger partial charge in [-0.1, -0.05) is 0 Å². The predicted octanol–water partition coefficient (Wildman–Crippen LogP) is 0.808. The molecule has 6 heteroatoms. The van der Waals surface area contributed by atoms with Gasteiger partial charge in [0.2, 0.25) is 10.9 Å². The highest BCUT2D eigenvalue weighted by Gasteiger charge is 1.95. The van der Waals surface area contributed by atoms with Crippen LogP contribution in [0.1, 0.15) is 12.8 Å². The monoisotopic (exact) mass is 148 g/mol. The van der Waals surface area contributed by atoms with Crippen molar-refractivity contribution in [1.29, 1.82) is 0 Å². The fourth-order valence-corrected chi connectivity index (χ4v) is 0.0980. The van der Waals surface area contributed by atoms with Crippen LogP contribution < -0.4 is 0 Å². The number of azide groups is 1. The van der Waals surface area contributed by atoms with Crippen LogP contribution in [0.15, 0.2) is 4.52 Å². The molecule has 0 heterocycles. The third kappa shape index (κ3) is 18.9. The van der Waals surface area contributed by atoms with Crippen molar-refractivity contribution in [3.05, 3.63) is 16.9 Å². The Morgan fingerprint density at radius 1 is 1.56 bits per heavy atom. The normalized spacial score (nSPS) is 13.0. The third-order valence-electron chi connectivity index (χ3n) is 0.402. The van der Waals surface area contributed by atoms with E-state index in [4.69, 9.17) is 5.53 Å². The van der Waals surface area contributed by atoms with Crippen molar-refractivity contribution in [1.82, 2.24) is 0 Å². The molecule has 0 amide bonds. The molecule has 1 radical (unpaired) electrons. The SMILES string of the molecule is [CH]1CC1.[N-]=[N+]=N[SH](=O)=O. The topological polar surface area (TPSA) is 82.9 Å². The molecule has 0 spiro atoms. The van der Waals surface area contributed by atoms with Gasteiger partial charge in [-0.2, -0.15) is 0 Å². The van der Waals surface area contributed by atoms with Crippen molar-refractivity contribution in [2.24, 2.45) is 4.52 Å². The van der Waals surface area contributed by atoms with Crippen LogP contribution in [0.3, 0.4) is 0 Å². The van der Waals surface area contributed by atoms with Gasteiger partial charge in [0.05, 0.1) is 0 Å². The molecular weight excluding hydrogens is 142 g/mol. The van der Waals surface area contributed by atoms with Crippen molar-refractivity contribution >= 4 is 10.9 Å². The molecule has 1 rings (SSSR count). The summed E-state index contributed by atoms with van der Waals surface area (Å²) in [6.07, 6.45) is 5.00. The lowest BCUT2D eigenvalue weighted by Crippen LogP contribution is -1.54. The minimum Gasteiger partial charge on any atom is -0.224 e. The molecular formula is C3H6N3O2S. The van der Waals surface area contributed by atoms with E-state index >= 15 is 0 Å². The zero-order chi connectivity index (χ0) is 7.11. The smallest absolute Gasteiger partial charge is 0.224 e. The molecule has 0 bridgehead atoms. The molecule has 0 aromatic carbocycles. The van der Waals surface area contributed by atoms with Gasteiger partial charge in [0.15, 0.2) is 0 Å². The van der Waals surface area contributed by atoms with Crippen LogP contribution in [0.2, 0.25) is 0 Å². The molecule has 1 aliphatic rings. The summed E-state index contributed by atoms with van der Waals surface area (Å²) in [5, 5.41) is 0. The van der Waals surface area contributed by atoms with Crippen molar-refractivity contribution < 1.29 is 8.42 Å². The number of nitrogens with zero attached hydrogens (tertiary/aromatic N) is 3. The fourth-order valence-electron chi connectivity index (χ4n) is 0.0327. The summed E-state index contributed by atoms with van der Waals surface area (Å²) in [6, 6.07) is 0. The number of thiol groups is 1. The first-order chi connectivity index (χ1) is 4.27. The second-order valence-electron chi connectivity index (χ2n) is 1.28. The van der Waals surface area contributed by atoms with Crippen LogP contribution in [0.5, 0.6) is 0 Å². The Morgan fingerprint density at radius 3 is 2.00 bits per heavy atom. The maximum absolute atomic E-state index is 9.22. The van der Waals surface area contributed by atoms with Gasteiger partial charge in [0.1, 0.15) is 0 Å². The van der Waals surface area contributed by atoms with E-state index in [0.717, 1.165) is 0 Å². The lowest BCUT2D eigenvalue weighted by Gasteiger charge is -1.49. The zero-order valence-electron chi connectivity index (χ0n) is 4.60. The van der Waals surface area contributed by atoms with Crippen molar-refractivity contribution in [2.45, 2.75) is 12.8 Å².